The Kier molecular flexibility index (Phi) is 2130. The summed E-state index contributed by atoms with van der Waals surface area (Å²) in [5, 5.41) is 0. The normalized spacial score (nSPS) is 0. The Bertz CT molecular complexity index is 3.61. The van der Waals surface area contributed by atoms with Crippen LogP contribution in [0, 0.1) is 39.9 Å². The third-order valence-electron chi connectivity index (χ3n) is 0. The zero-order valence-electron chi connectivity index (χ0n) is 1.99. The van der Waals surface area contributed by atoms with Gasteiger partial charge in [0.15, 0.2) is 0 Å². The van der Waals surface area contributed by atoms with E-state index in [-0.39, 0.29) is 58.8 Å². The van der Waals surface area contributed by atoms with Crippen molar-refractivity contribution in [1.82, 2.24) is 0 Å². The standard InChI is InChI=1S/4FH.Gd/h4*1H;. The van der Waals surface area contributed by atoms with Gasteiger partial charge in [-0.25, -0.2) is 0 Å². The Morgan fingerprint density at radius 3 is 0.400 bits per heavy atom. The van der Waals surface area contributed by atoms with E-state index in [1.807, 2.05) is 0 Å². The monoisotopic (exact) mass is 238 g/mol. The van der Waals surface area contributed by atoms with Crippen LogP contribution in [0.4, 0.5) is 18.8 Å². The zero-order chi connectivity index (χ0) is 0. The molecule has 0 aromatic carbocycles. The van der Waals surface area contributed by atoms with Crippen LogP contribution in [-0.4, -0.2) is 0 Å². The van der Waals surface area contributed by atoms with E-state index in [0.29, 0.717) is 0 Å². The van der Waals surface area contributed by atoms with Gasteiger partial charge in [0.2, 0.25) is 0 Å². The molecule has 0 fully saturated rings. The molecular weight excluding hydrogens is 233 g/mol. The van der Waals surface area contributed by atoms with Crippen LogP contribution in [0.15, 0.2) is 0 Å². The first-order valence-electron chi connectivity index (χ1n) is 0. The van der Waals surface area contributed by atoms with Gasteiger partial charge in [-0.15, -0.1) is 0 Å². The SMILES string of the molecule is F.F.F.F.[Gd]. The maximum Gasteiger partial charge on any atom is 0 e. The zero-order valence-corrected chi connectivity index (χ0v) is 4.26. The van der Waals surface area contributed by atoms with Crippen LogP contribution in [-0.2, 0) is 0 Å². The minimum atomic E-state index is 0. The molecule has 5 heavy (non-hydrogen) atoms. The van der Waals surface area contributed by atoms with E-state index in [1.54, 1.807) is 0 Å². The molecule has 0 aliphatic rings. The molecule has 0 saturated carbocycles. The summed E-state index contributed by atoms with van der Waals surface area (Å²) in [6, 6.07) is 0. The maximum absolute atomic E-state index is 0. The number of halogens is 4. The molecule has 0 N–H and O–H groups in total. The fourth-order valence-corrected chi connectivity index (χ4v) is 0. The van der Waals surface area contributed by atoms with Crippen LogP contribution in [0.25, 0.3) is 0 Å². The summed E-state index contributed by atoms with van der Waals surface area (Å²) in [6.45, 7) is 0. The molecule has 0 aliphatic carbocycles. The second-order valence-electron chi connectivity index (χ2n) is 0. The second-order valence-corrected chi connectivity index (χ2v) is 0. The summed E-state index contributed by atoms with van der Waals surface area (Å²) in [5.41, 5.74) is 0. The smallest absolute Gasteiger partial charge is 0 e. The average molecular weight is 237 g/mol. The van der Waals surface area contributed by atoms with E-state index < -0.39 is 0 Å². The fraction of sp³-hybridized carbons (Fsp3) is 0. The molecule has 0 radical (unpaired) electrons. The number of hydrogen-bond donors (Lipinski definition) is 0. The predicted molar refractivity (Wildman–Crippen MR) is 10.0 cm³/mol. The summed E-state index contributed by atoms with van der Waals surface area (Å²) in [6.07, 6.45) is 0. The molecule has 0 atom stereocenters. The largest absolute Gasteiger partial charge is 0.269 e. The van der Waals surface area contributed by atoms with Gasteiger partial charge >= 0.3 is 0 Å². The molecule has 0 nitrogen and oxygen atoms in total. The van der Waals surface area contributed by atoms with Crippen molar-refractivity contribution in [2.45, 2.75) is 0 Å². The minimum absolute atomic E-state index is 0. The van der Waals surface area contributed by atoms with Gasteiger partial charge in [0.1, 0.15) is 0 Å². The van der Waals surface area contributed by atoms with Crippen molar-refractivity contribution in [2.75, 3.05) is 0 Å². The van der Waals surface area contributed by atoms with Crippen molar-refractivity contribution in [2.24, 2.45) is 0 Å². The van der Waals surface area contributed by atoms with E-state index in [0.717, 1.165) is 0 Å². The third kappa shape index (κ3) is 42.9. The molecule has 0 aromatic rings. The first-order valence-corrected chi connectivity index (χ1v) is 0. The molecule has 0 aromatic heterocycles. The Balaban J connectivity index is 0. The van der Waals surface area contributed by atoms with Crippen LogP contribution < -0.4 is 0 Å². The molecule has 0 unspecified atom stereocenters. The van der Waals surface area contributed by atoms with Gasteiger partial charge in [0.05, 0.1) is 0 Å². The first kappa shape index (κ1) is 141. The number of hydrogen-bond acceptors (Lipinski definition) is 0. The Morgan fingerprint density at radius 1 is 0.400 bits per heavy atom. The van der Waals surface area contributed by atoms with Gasteiger partial charge in [-0.2, -0.15) is 0 Å². The van der Waals surface area contributed by atoms with Crippen molar-refractivity contribution < 1.29 is 58.8 Å². The van der Waals surface area contributed by atoms with Crippen LogP contribution >= 0.6 is 0 Å². The van der Waals surface area contributed by atoms with Crippen LogP contribution in [0.1, 0.15) is 0 Å². The van der Waals surface area contributed by atoms with E-state index in [2.05, 4.69) is 0 Å². The average Bonchev–Trinajstić information content (AvgIpc) is 0. The van der Waals surface area contributed by atoms with E-state index in [1.165, 1.54) is 0 Å². The topological polar surface area (TPSA) is 0 Å². The van der Waals surface area contributed by atoms with Gasteiger partial charge in [-0.3, -0.25) is 18.8 Å². The van der Waals surface area contributed by atoms with Gasteiger partial charge < -0.3 is 0 Å². The molecule has 40 valence electrons. The molecule has 0 bridgehead atoms. The Labute approximate surface area is 58.5 Å². The molecule has 0 aliphatic heterocycles. The van der Waals surface area contributed by atoms with Crippen molar-refractivity contribution in [3.63, 3.8) is 0 Å². The summed E-state index contributed by atoms with van der Waals surface area (Å²) < 4.78 is 0. The van der Waals surface area contributed by atoms with Gasteiger partial charge in [-0.1, -0.05) is 0 Å². The second kappa shape index (κ2) is 75.6. The minimum Gasteiger partial charge on any atom is -0.269 e. The summed E-state index contributed by atoms with van der Waals surface area (Å²) in [7, 11) is 0. The predicted octanol–water partition coefficient (Wildman–Crippen LogP) is 0.610. The molecule has 0 heterocycles. The van der Waals surface area contributed by atoms with Crippen molar-refractivity contribution in [3.8, 4) is 0 Å². The molecule has 0 saturated heterocycles. The van der Waals surface area contributed by atoms with Crippen molar-refractivity contribution >= 4 is 0 Å². The molecule has 0 rings (SSSR count). The Morgan fingerprint density at radius 2 is 0.400 bits per heavy atom. The summed E-state index contributed by atoms with van der Waals surface area (Å²) >= 11 is 0. The van der Waals surface area contributed by atoms with Crippen molar-refractivity contribution in [1.29, 1.82) is 0 Å². The maximum atomic E-state index is 0. The van der Waals surface area contributed by atoms with Crippen molar-refractivity contribution in [3.05, 3.63) is 0 Å². The van der Waals surface area contributed by atoms with Gasteiger partial charge in [0.25, 0.3) is 0 Å². The van der Waals surface area contributed by atoms with E-state index in [9.17, 15) is 0 Å². The first-order chi connectivity index (χ1) is 0. The molecule has 0 amide bonds. The van der Waals surface area contributed by atoms with Gasteiger partial charge in [0, 0.05) is 39.9 Å². The molecule has 0 spiro atoms. The Hall–Kier alpha value is 1.04. The van der Waals surface area contributed by atoms with Crippen LogP contribution in [0.3, 0.4) is 0 Å². The summed E-state index contributed by atoms with van der Waals surface area (Å²) in [4.78, 5) is 0. The van der Waals surface area contributed by atoms with E-state index >= 15 is 0 Å². The van der Waals surface area contributed by atoms with Crippen LogP contribution in [0.2, 0.25) is 0 Å². The summed E-state index contributed by atoms with van der Waals surface area (Å²) in [5.74, 6) is 0. The van der Waals surface area contributed by atoms with E-state index in [4.69, 9.17) is 0 Å². The number of rotatable bonds is 0. The van der Waals surface area contributed by atoms with Crippen LogP contribution in [0.5, 0.6) is 0 Å². The quantitative estimate of drug-likeness (QED) is 0.542. The molecule has 5 heteroatoms. The molecular formula is H4F4Gd. The van der Waals surface area contributed by atoms with Gasteiger partial charge in [-0.05, 0) is 0 Å². The fourth-order valence-electron chi connectivity index (χ4n) is 0. The third-order valence-corrected chi connectivity index (χ3v) is 0.